The summed E-state index contributed by atoms with van der Waals surface area (Å²) in [6.07, 6.45) is 3.40. The maximum Gasteiger partial charge on any atom is 0.209 e. The molecule has 0 amide bonds. The molecule has 0 rings (SSSR count). The Bertz CT molecular complexity index is 405. The molecule has 0 saturated heterocycles. The summed E-state index contributed by atoms with van der Waals surface area (Å²) in [6.45, 7) is 9.93. The first-order valence-electron chi connectivity index (χ1n) is 7.09. The van der Waals surface area contributed by atoms with Crippen LogP contribution < -0.4 is 10.0 Å². The van der Waals surface area contributed by atoms with Crippen LogP contribution in [-0.4, -0.2) is 57.8 Å². The molecule has 0 unspecified atom stereocenters. The van der Waals surface area contributed by atoms with Gasteiger partial charge in [0.2, 0.25) is 10.0 Å². The standard InChI is InChI=1S/C13H30N4O2S/c1-7-9-10-17(5)12(14-8-2)15-11-13(3,4)16-20(6,18)19/h16H,7-11H2,1-6H3,(H,14,15). The summed E-state index contributed by atoms with van der Waals surface area (Å²) in [5, 5.41) is 3.23. The summed E-state index contributed by atoms with van der Waals surface area (Å²) >= 11 is 0. The fourth-order valence-corrected chi connectivity index (χ4v) is 2.85. The van der Waals surface area contributed by atoms with Crippen LogP contribution in [0.25, 0.3) is 0 Å². The fourth-order valence-electron chi connectivity index (χ4n) is 1.78. The van der Waals surface area contributed by atoms with Gasteiger partial charge in [-0.2, -0.15) is 0 Å². The molecule has 0 aromatic heterocycles. The van der Waals surface area contributed by atoms with E-state index in [1.54, 1.807) is 0 Å². The normalized spacial score (nSPS) is 13.4. The van der Waals surface area contributed by atoms with Crippen LogP contribution in [0.3, 0.4) is 0 Å². The van der Waals surface area contributed by atoms with Crippen molar-refractivity contribution in [2.24, 2.45) is 4.99 Å². The molecule has 0 atom stereocenters. The monoisotopic (exact) mass is 306 g/mol. The third kappa shape index (κ3) is 9.14. The van der Waals surface area contributed by atoms with Gasteiger partial charge in [0.05, 0.1) is 12.8 Å². The second kappa shape index (κ2) is 8.46. The van der Waals surface area contributed by atoms with Crippen molar-refractivity contribution in [1.82, 2.24) is 14.9 Å². The zero-order chi connectivity index (χ0) is 15.8. The SMILES string of the molecule is CCCCN(C)C(=NCC(C)(C)NS(C)(=O)=O)NCC. The van der Waals surface area contributed by atoms with E-state index in [1.807, 2.05) is 27.8 Å². The Kier molecular flexibility index (Phi) is 8.12. The van der Waals surface area contributed by atoms with Crippen molar-refractivity contribution in [3.8, 4) is 0 Å². The number of unbranched alkanes of at least 4 members (excludes halogenated alkanes) is 1. The Labute approximate surface area is 124 Å². The molecule has 0 aliphatic heterocycles. The number of nitrogens with zero attached hydrogens (tertiary/aromatic N) is 2. The maximum absolute atomic E-state index is 11.3. The molecule has 0 aliphatic rings. The van der Waals surface area contributed by atoms with Crippen LogP contribution in [0, 0.1) is 0 Å². The van der Waals surface area contributed by atoms with Gasteiger partial charge in [0.1, 0.15) is 0 Å². The van der Waals surface area contributed by atoms with Gasteiger partial charge in [-0.3, -0.25) is 4.99 Å². The predicted molar refractivity (Wildman–Crippen MR) is 85.6 cm³/mol. The maximum atomic E-state index is 11.3. The largest absolute Gasteiger partial charge is 0.357 e. The van der Waals surface area contributed by atoms with Gasteiger partial charge >= 0.3 is 0 Å². The summed E-state index contributed by atoms with van der Waals surface area (Å²) in [5.74, 6) is 0.810. The van der Waals surface area contributed by atoms with Gasteiger partial charge in [-0.15, -0.1) is 0 Å². The van der Waals surface area contributed by atoms with Gasteiger partial charge in [-0.1, -0.05) is 13.3 Å². The van der Waals surface area contributed by atoms with Crippen LogP contribution in [0.15, 0.2) is 4.99 Å². The van der Waals surface area contributed by atoms with Crippen molar-refractivity contribution in [2.45, 2.75) is 46.1 Å². The molecule has 0 spiro atoms. The first-order valence-corrected chi connectivity index (χ1v) is 8.99. The Hall–Kier alpha value is -0.820. The quantitative estimate of drug-likeness (QED) is 0.518. The highest BCUT2D eigenvalue weighted by Crippen LogP contribution is 2.05. The van der Waals surface area contributed by atoms with E-state index in [0.717, 1.165) is 38.1 Å². The van der Waals surface area contributed by atoms with Crippen LogP contribution in [0.1, 0.15) is 40.5 Å². The molecule has 0 saturated carbocycles. The molecule has 0 aliphatic carbocycles. The highest BCUT2D eigenvalue weighted by Gasteiger charge is 2.22. The summed E-state index contributed by atoms with van der Waals surface area (Å²) in [5.41, 5.74) is -0.597. The lowest BCUT2D eigenvalue weighted by Gasteiger charge is -2.26. The van der Waals surface area contributed by atoms with Crippen LogP contribution in [0.2, 0.25) is 0 Å². The number of guanidine groups is 1. The van der Waals surface area contributed by atoms with Gasteiger partial charge in [-0.05, 0) is 27.2 Å². The molecular weight excluding hydrogens is 276 g/mol. The number of nitrogens with one attached hydrogen (secondary N) is 2. The minimum absolute atomic E-state index is 0.388. The molecule has 6 nitrogen and oxygen atoms in total. The number of hydrogen-bond donors (Lipinski definition) is 2. The average molecular weight is 306 g/mol. The van der Waals surface area contributed by atoms with Crippen LogP contribution >= 0.6 is 0 Å². The van der Waals surface area contributed by atoms with Crippen molar-refractivity contribution >= 4 is 16.0 Å². The summed E-state index contributed by atoms with van der Waals surface area (Å²) in [4.78, 5) is 6.60. The first kappa shape index (κ1) is 19.2. The highest BCUT2D eigenvalue weighted by atomic mass is 32.2. The van der Waals surface area contributed by atoms with Crippen LogP contribution in [0.5, 0.6) is 0 Å². The van der Waals surface area contributed by atoms with E-state index < -0.39 is 15.6 Å². The van der Waals surface area contributed by atoms with Crippen molar-refractivity contribution in [2.75, 3.05) is 32.9 Å². The zero-order valence-electron chi connectivity index (χ0n) is 13.7. The fraction of sp³-hybridized carbons (Fsp3) is 0.923. The summed E-state index contributed by atoms with van der Waals surface area (Å²) in [6, 6.07) is 0. The second-order valence-electron chi connectivity index (χ2n) is 5.70. The minimum atomic E-state index is -3.23. The third-order valence-electron chi connectivity index (χ3n) is 2.63. The van der Waals surface area contributed by atoms with Crippen molar-refractivity contribution < 1.29 is 8.42 Å². The summed E-state index contributed by atoms with van der Waals surface area (Å²) < 4.78 is 25.2. The molecule has 0 radical (unpaired) electrons. The van der Waals surface area contributed by atoms with E-state index >= 15 is 0 Å². The Morgan fingerprint density at radius 3 is 2.35 bits per heavy atom. The molecular formula is C13H30N4O2S. The lowest BCUT2D eigenvalue weighted by Crippen LogP contribution is -2.47. The molecule has 0 aromatic carbocycles. The Morgan fingerprint density at radius 2 is 1.90 bits per heavy atom. The highest BCUT2D eigenvalue weighted by molar-refractivity contribution is 7.88. The predicted octanol–water partition coefficient (Wildman–Crippen LogP) is 1.01. The molecule has 0 heterocycles. The van der Waals surface area contributed by atoms with Gasteiger partial charge in [0.25, 0.3) is 0 Å². The number of sulfonamides is 1. The van der Waals surface area contributed by atoms with Crippen LogP contribution in [0.4, 0.5) is 0 Å². The van der Waals surface area contributed by atoms with Crippen LogP contribution in [-0.2, 0) is 10.0 Å². The Morgan fingerprint density at radius 1 is 1.30 bits per heavy atom. The zero-order valence-corrected chi connectivity index (χ0v) is 14.5. The molecule has 0 fully saturated rings. The first-order chi connectivity index (χ1) is 9.11. The molecule has 0 bridgehead atoms. The van der Waals surface area contributed by atoms with Crippen molar-refractivity contribution in [3.63, 3.8) is 0 Å². The average Bonchev–Trinajstić information content (AvgIpc) is 2.28. The molecule has 0 aromatic rings. The Balaban J connectivity index is 4.75. The number of rotatable bonds is 8. The van der Waals surface area contributed by atoms with Crippen molar-refractivity contribution in [3.05, 3.63) is 0 Å². The van der Waals surface area contributed by atoms with Gasteiger partial charge in [0.15, 0.2) is 5.96 Å². The van der Waals surface area contributed by atoms with E-state index in [-0.39, 0.29) is 0 Å². The van der Waals surface area contributed by atoms with E-state index in [2.05, 4.69) is 26.9 Å². The van der Waals surface area contributed by atoms with E-state index in [0.29, 0.717) is 6.54 Å². The summed E-state index contributed by atoms with van der Waals surface area (Å²) in [7, 11) is -1.24. The van der Waals surface area contributed by atoms with E-state index in [9.17, 15) is 8.42 Å². The lowest BCUT2D eigenvalue weighted by molar-refractivity contribution is 0.442. The second-order valence-corrected chi connectivity index (χ2v) is 7.45. The van der Waals surface area contributed by atoms with Crippen molar-refractivity contribution in [1.29, 1.82) is 0 Å². The molecule has 120 valence electrons. The smallest absolute Gasteiger partial charge is 0.209 e. The number of hydrogen-bond acceptors (Lipinski definition) is 3. The van der Waals surface area contributed by atoms with Gasteiger partial charge in [-0.25, -0.2) is 13.1 Å². The van der Waals surface area contributed by atoms with E-state index in [4.69, 9.17) is 0 Å². The van der Waals surface area contributed by atoms with E-state index in [1.165, 1.54) is 0 Å². The molecule has 7 heteroatoms. The van der Waals surface area contributed by atoms with Gasteiger partial charge < -0.3 is 10.2 Å². The molecule has 20 heavy (non-hydrogen) atoms. The number of aliphatic imine (C=N–C) groups is 1. The molecule has 2 N–H and O–H groups in total. The lowest BCUT2D eigenvalue weighted by atomic mass is 10.1. The van der Waals surface area contributed by atoms with Gasteiger partial charge in [0, 0.05) is 25.7 Å². The topological polar surface area (TPSA) is 73.8 Å². The third-order valence-corrected chi connectivity index (χ3v) is 3.55. The minimum Gasteiger partial charge on any atom is -0.357 e.